The normalized spacial score (nSPS) is 20.3. The minimum absolute atomic E-state index is 0.0244. The molecular formula is C25H27N5O. The fourth-order valence-electron chi connectivity index (χ4n) is 4.44. The van der Waals surface area contributed by atoms with E-state index in [1.54, 1.807) is 0 Å². The van der Waals surface area contributed by atoms with Crippen LogP contribution in [0.1, 0.15) is 28.3 Å². The number of hydrazine groups is 1. The molecule has 0 radical (unpaired) electrons. The van der Waals surface area contributed by atoms with Crippen molar-refractivity contribution in [1.29, 1.82) is 0 Å². The molecule has 0 saturated carbocycles. The minimum Gasteiger partial charge on any atom is -0.352 e. The molecule has 2 aliphatic rings. The van der Waals surface area contributed by atoms with Crippen molar-refractivity contribution in [1.82, 2.24) is 21.2 Å². The van der Waals surface area contributed by atoms with Gasteiger partial charge in [-0.25, -0.2) is 10.4 Å². The molecule has 2 unspecified atom stereocenters. The zero-order valence-electron chi connectivity index (χ0n) is 17.4. The first-order valence-corrected chi connectivity index (χ1v) is 10.9. The highest BCUT2D eigenvalue weighted by molar-refractivity contribution is 5.80. The molecule has 5 rings (SSSR count). The number of rotatable bonds is 5. The van der Waals surface area contributed by atoms with Gasteiger partial charge in [-0.1, -0.05) is 60.7 Å². The van der Waals surface area contributed by atoms with Gasteiger partial charge < -0.3 is 10.2 Å². The number of nitrogens with one attached hydrogen (secondary N) is 3. The quantitative estimate of drug-likeness (QED) is 0.600. The molecule has 3 heterocycles. The smallest absolute Gasteiger partial charge is 0.226 e. The molecule has 158 valence electrons. The first-order chi connectivity index (χ1) is 15.3. The van der Waals surface area contributed by atoms with Crippen LogP contribution in [0.3, 0.4) is 0 Å². The van der Waals surface area contributed by atoms with Crippen molar-refractivity contribution < 1.29 is 4.79 Å². The molecular weight excluding hydrogens is 386 g/mol. The number of fused-ring (bicyclic) bond motifs is 1. The summed E-state index contributed by atoms with van der Waals surface area (Å²) in [5.74, 6) is 0.879. The lowest BCUT2D eigenvalue weighted by Crippen LogP contribution is -2.34. The molecule has 1 fully saturated rings. The van der Waals surface area contributed by atoms with E-state index in [2.05, 4.69) is 62.5 Å². The average Bonchev–Trinajstić information content (AvgIpc) is 3.33. The third-order valence-corrected chi connectivity index (χ3v) is 6.21. The van der Waals surface area contributed by atoms with Crippen LogP contribution in [0.4, 0.5) is 5.82 Å². The Morgan fingerprint density at radius 2 is 1.84 bits per heavy atom. The number of hydrogen-bond acceptors (Lipinski definition) is 5. The molecule has 3 N–H and O–H groups in total. The molecule has 3 aromatic rings. The zero-order valence-corrected chi connectivity index (χ0v) is 17.4. The Bertz CT molecular complexity index is 1040. The maximum absolute atomic E-state index is 12.8. The SMILES string of the molecule is O=C(NCc1ccc(N2CCc3ccccc3C2)nc1)C1CNNC1c1ccccc1. The average molecular weight is 414 g/mol. The molecule has 0 spiro atoms. The van der Waals surface area contributed by atoms with Crippen molar-refractivity contribution in [2.45, 2.75) is 25.6 Å². The third-order valence-electron chi connectivity index (χ3n) is 6.21. The van der Waals surface area contributed by atoms with E-state index >= 15 is 0 Å². The molecule has 1 aromatic heterocycles. The van der Waals surface area contributed by atoms with E-state index in [1.165, 1.54) is 11.1 Å². The van der Waals surface area contributed by atoms with Crippen molar-refractivity contribution in [3.05, 3.63) is 95.2 Å². The van der Waals surface area contributed by atoms with E-state index in [-0.39, 0.29) is 17.9 Å². The number of amides is 1. The Balaban J connectivity index is 1.18. The summed E-state index contributed by atoms with van der Waals surface area (Å²) in [5.41, 5.74) is 11.3. The fraction of sp³-hybridized carbons (Fsp3) is 0.280. The van der Waals surface area contributed by atoms with Crippen LogP contribution in [0.25, 0.3) is 0 Å². The molecule has 1 saturated heterocycles. The summed E-state index contributed by atoms with van der Waals surface area (Å²) in [5, 5.41) is 3.08. The van der Waals surface area contributed by atoms with Gasteiger partial charge in [0.05, 0.1) is 12.0 Å². The van der Waals surface area contributed by atoms with Gasteiger partial charge in [-0.3, -0.25) is 10.2 Å². The molecule has 0 bridgehead atoms. The molecule has 31 heavy (non-hydrogen) atoms. The highest BCUT2D eigenvalue weighted by atomic mass is 16.2. The number of benzene rings is 2. The molecule has 6 heteroatoms. The van der Waals surface area contributed by atoms with Gasteiger partial charge in [0.2, 0.25) is 5.91 Å². The molecule has 1 amide bonds. The maximum Gasteiger partial charge on any atom is 0.226 e. The van der Waals surface area contributed by atoms with Gasteiger partial charge in [0, 0.05) is 32.4 Å². The highest BCUT2D eigenvalue weighted by Gasteiger charge is 2.33. The number of pyridine rings is 1. The number of nitrogens with zero attached hydrogens (tertiary/aromatic N) is 2. The van der Waals surface area contributed by atoms with E-state index in [0.29, 0.717) is 13.1 Å². The Hall–Kier alpha value is -3.22. The van der Waals surface area contributed by atoms with Crippen molar-refractivity contribution in [2.24, 2.45) is 5.92 Å². The summed E-state index contributed by atoms with van der Waals surface area (Å²) in [6, 6.07) is 22.8. The lowest BCUT2D eigenvalue weighted by molar-refractivity contribution is -0.125. The number of carbonyl (C=O) groups is 1. The van der Waals surface area contributed by atoms with Crippen LogP contribution in [-0.4, -0.2) is 24.0 Å². The molecule has 2 atom stereocenters. The van der Waals surface area contributed by atoms with E-state index in [4.69, 9.17) is 0 Å². The van der Waals surface area contributed by atoms with Gasteiger partial charge in [-0.05, 0) is 34.7 Å². The predicted octanol–water partition coefficient (Wildman–Crippen LogP) is 2.73. The summed E-state index contributed by atoms with van der Waals surface area (Å²) in [6.07, 6.45) is 2.91. The Kier molecular flexibility index (Phi) is 5.65. The van der Waals surface area contributed by atoms with Gasteiger partial charge in [0.15, 0.2) is 0 Å². The van der Waals surface area contributed by atoms with Crippen LogP contribution < -0.4 is 21.1 Å². The molecule has 2 aromatic carbocycles. The Morgan fingerprint density at radius 3 is 2.65 bits per heavy atom. The largest absolute Gasteiger partial charge is 0.352 e. The van der Waals surface area contributed by atoms with Gasteiger partial charge in [-0.15, -0.1) is 0 Å². The Labute approximate surface area is 182 Å². The second kappa shape index (κ2) is 8.88. The maximum atomic E-state index is 12.8. The van der Waals surface area contributed by atoms with Crippen LogP contribution in [0.2, 0.25) is 0 Å². The third kappa shape index (κ3) is 4.31. The van der Waals surface area contributed by atoms with E-state index < -0.39 is 0 Å². The number of hydrogen-bond donors (Lipinski definition) is 3. The predicted molar refractivity (Wildman–Crippen MR) is 121 cm³/mol. The second-order valence-corrected chi connectivity index (χ2v) is 8.20. The summed E-state index contributed by atoms with van der Waals surface area (Å²) < 4.78 is 0. The summed E-state index contributed by atoms with van der Waals surface area (Å²) in [7, 11) is 0. The summed E-state index contributed by atoms with van der Waals surface area (Å²) in [6.45, 7) is 2.95. The van der Waals surface area contributed by atoms with Crippen molar-refractivity contribution in [2.75, 3.05) is 18.0 Å². The molecule has 6 nitrogen and oxygen atoms in total. The van der Waals surface area contributed by atoms with Crippen LogP contribution in [0, 0.1) is 5.92 Å². The standard InChI is InChI=1S/C25H27N5O/c31-25(22-16-28-29-24(22)20-7-2-1-3-8-20)27-15-18-10-11-23(26-14-18)30-13-12-19-6-4-5-9-21(19)17-30/h1-11,14,22,24,28-29H,12-13,15-17H2,(H,27,31). The van der Waals surface area contributed by atoms with Gasteiger partial charge in [0.1, 0.15) is 5.82 Å². The van der Waals surface area contributed by atoms with Crippen molar-refractivity contribution in [3.8, 4) is 0 Å². The minimum atomic E-state index is -0.150. The molecule has 0 aliphatic carbocycles. The fourth-order valence-corrected chi connectivity index (χ4v) is 4.44. The summed E-state index contributed by atoms with van der Waals surface area (Å²) >= 11 is 0. The number of anilines is 1. The molecule has 2 aliphatic heterocycles. The first kappa shape index (κ1) is 19.7. The van der Waals surface area contributed by atoms with Crippen LogP contribution in [0.15, 0.2) is 72.9 Å². The number of aromatic nitrogens is 1. The Morgan fingerprint density at radius 1 is 1.03 bits per heavy atom. The summed E-state index contributed by atoms with van der Waals surface area (Å²) in [4.78, 5) is 19.8. The van der Waals surface area contributed by atoms with E-state index in [9.17, 15) is 4.79 Å². The monoisotopic (exact) mass is 413 g/mol. The topological polar surface area (TPSA) is 69.3 Å². The second-order valence-electron chi connectivity index (χ2n) is 8.20. The van der Waals surface area contributed by atoms with Crippen molar-refractivity contribution >= 4 is 11.7 Å². The van der Waals surface area contributed by atoms with Crippen LogP contribution in [0.5, 0.6) is 0 Å². The van der Waals surface area contributed by atoms with Crippen molar-refractivity contribution in [3.63, 3.8) is 0 Å². The highest BCUT2D eigenvalue weighted by Crippen LogP contribution is 2.25. The van der Waals surface area contributed by atoms with E-state index in [1.807, 2.05) is 36.5 Å². The van der Waals surface area contributed by atoms with Gasteiger partial charge in [0.25, 0.3) is 0 Å². The van der Waals surface area contributed by atoms with Crippen LogP contribution >= 0.6 is 0 Å². The first-order valence-electron chi connectivity index (χ1n) is 10.9. The lowest BCUT2D eigenvalue weighted by Gasteiger charge is -2.29. The van der Waals surface area contributed by atoms with E-state index in [0.717, 1.165) is 36.5 Å². The number of carbonyl (C=O) groups excluding carboxylic acids is 1. The van der Waals surface area contributed by atoms with Gasteiger partial charge in [-0.2, -0.15) is 0 Å². The van der Waals surface area contributed by atoms with Gasteiger partial charge >= 0.3 is 0 Å². The van der Waals surface area contributed by atoms with Crippen LogP contribution in [-0.2, 0) is 24.3 Å². The zero-order chi connectivity index (χ0) is 21.0. The lowest BCUT2D eigenvalue weighted by atomic mass is 9.94.